The summed E-state index contributed by atoms with van der Waals surface area (Å²) in [4.78, 5) is 0. The fourth-order valence-electron chi connectivity index (χ4n) is 1.44. The minimum absolute atomic E-state index is 0. The summed E-state index contributed by atoms with van der Waals surface area (Å²) in [6, 6.07) is 1.62. The normalized spacial score (nSPS) is 37.3. The van der Waals surface area contributed by atoms with Crippen LogP contribution in [0.25, 0.3) is 0 Å². The van der Waals surface area contributed by atoms with Crippen LogP contribution in [0.15, 0.2) is 0 Å². The highest BCUT2D eigenvalue weighted by molar-refractivity contribution is 5.85. The molecule has 0 aromatic carbocycles. The molecule has 2 heterocycles. The molecular weight excluding hydrogens is 159 g/mol. The molecule has 9 heavy (non-hydrogen) atoms. The lowest BCUT2D eigenvalue weighted by Gasteiger charge is -2.10. The maximum Gasteiger partial charge on any atom is 0.0208 e. The van der Waals surface area contributed by atoms with E-state index in [-0.39, 0.29) is 24.8 Å². The number of nitrogens with one attached hydrogen (secondary N) is 2. The Hall–Kier alpha value is 0.500. The topological polar surface area (TPSA) is 24.1 Å². The highest BCUT2D eigenvalue weighted by atomic mass is 35.5. The average Bonchev–Trinajstić information content (AvgIpc) is 2.22. The third-order valence-corrected chi connectivity index (χ3v) is 1.87. The Morgan fingerprint density at radius 1 is 0.889 bits per heavy atom. The quantitative estimate of drug-likeness (QED) is 0.542. The van der Waals surface area contributed by atoms with Crippen molar-refractivity contribution in [2.75, 3.05) is 13.1 Å². The Labute approximate surface area is 67.6 Å². The molecule has 2 atom stereocenters. The van der Waals surface area contributed by atoms with Gasteiger partial charge in [-0.2, -0.15) is 0 Å². The Kier molecular flexibility index (Phi) is 3.82. The van der Waals surface area contributed by atoms with Gasteiger partial charge < -0.3 is 10.6 Å². The zero-order valence-corrected chi connectivity index (χ0v) is 6.73. The molecular formula is C5H12Cl2N2. The first kappa shape index (κ1) is 9.50. The molecule has 0 spiro atoms. The Balaban J connectivity index is 0.000000320. The van der Waals surface area contributed by atoms with Gasteiger partial charge in [0, 0.05) is 25.2 Å². The molecule has 2 bridgehead atoms. The Morgan fingerprint density at radius 3 is 1.44 bits per heavy atom. The van der Waals surface area contributed by atoms with Gasteiger partial charge in [-0.1, -0.05) is 0 Å². The Bertz CT molecular complexity index is 71.0. The highest BCUT2D eigenvalue weighted by Gasteiger charge is 2.29. The number of hydrogen-bond donors (Lipinski definition) is 2. The van der Waals surface area contributed by atoms with Crippen molar-refractivity contribution in [1.82, 2.24) is 10.6 Å². The van der Waals surface area contributed by atoms with Gasteiger partial charge in [-0.15, -0.1) is 24.8 Å². The van der Waals surface area contributed by atoms with Crippen molar-refractivity contribution in [2.45, 2.75) is 18.5 Å². The molecule has 2 N–H and O–H groups in total. The van der Waals surface area contributed by atoms with E-state index < -0.39 is 0 Å². The number of halogens is 2. The SMILES string of the molecule is C1N[C@@H]2CNC1C2.Cl.Cl. The van der Waals surface area contributed by atoms with E-state index in [0.717, 1.165) is 12.1 Å². The van der Waals surface area contributed by atoms with Gasteiger partial charge >= 0.3 is 0 Å². The molecule has 2 aliphatic heterocycles. The van der Waals surface area contributed by atoms with E-state index in [1.54, 1.807) is 0 Å². The van der Waals surface area contributed by atoms with E-state index in [1.165, 1.54) is 19.5 Å². The maximum atomic E-state index is 3.39. The largest absolute Gasteiger partial charge is 0.311 e. The van der Waals surface area contributed by atoms with Crippen LogP contribution in [0.5, 0.6) is 0 Å². The summed E-state index contributed by atoms with van der Waals surface area (Å²) in [5, 5.41) is 6.79. The zero-order valence-electron chi connectivity index (χ0n) is 5.09. The third-order valence-electron chi connectivity index (χ3n) is 1.87. The molecule has 56 valence electrons. The van der Waals surface area contributed by atoms with Crippen molar-refractivity contribution in [2.24, 2.45) is 0 Å². The second kappa shape index (κ2) is 3.62. The molecule has 0 aromatic rings. The molecule has 0 aromatic heterocycles. The van der Waals surface area contributed by atoms with Crippen molar-refractivity contribution in [3.63, 3.8) is 0 Å². The minimum Gasteiger partial charge on any atom is -0.311 e. The minimum atomic E-state index is 0. The first-order chi connectivity index (χ1) is 3.45. The van der Waals surface area contributed by atoms with E-state index in [0.29, 0.717) is 0 Å². The predicted octanol–water partition coefficient (Wildman–Crippen LogP) is 0.164. The summed E-state index contributed by atoms with van der Waals surface area (Å²) < 4.78 is 0. The van der Waals surface area contributed by atoms with E-state index >= 15 is 0 Å². The van der Waals surface area contributed by atoms with Gasteiger partial charge in [0.05, 0.1) is 0 Å². The molecule has 0 saturated carbocycles. The van der Waals surface area contributed by atoms with Crippen LogP contribution >= 0.6 is 24.8 Å². The first-order valence-corrected chi connectivity index (χ1v) is 2.92. The highest BCUT2D eigenvalue weighted by Crippen LogP contribution is 2.11. The Morgan fingerprint density at radius 2 is 1.33 bits per heavy atom. The first-order valence-electron chi connectivity index (χ1n) is 2.92. The van der Waals surface area contributed by atoms with Crippen LogP contribution in [0.3, 0.4) is 0 Å². The monoisotopic (exact) mass is 170 g/mol. The molecule has 2 aliphatic rings. The molecule has 4 heteroatoms. The third kappa shape index (κ3) is 1.71. The second-order valence-electron chi connectivity index (χ2n) is 2.45. The number of piperazine rings is 1. The summed E-state index contributed by atoms with van der Waals surface area (Å²) in [5.74, 6) is 0. The molecule has 0 amide bonds. The molecule has 0 aliphatic carbocycles. The number of hydrogen-bond acceptors (Lipinski definition) is 2. The van der Waals surface area contributed by atoms with Gasteiger partial charge in [-0.25, -0.2) is 0 Å². The maximum absolute atomic E-state index is 3.39. The van der Waals surface area contributed by atoms with Gasteiger partial charge in [-0.3, -0.25) is 0 Å². The molecule has 0 radical (unpaired) electrons. The lowest BCUT2D eigenvalue weighted by atomic mass is 10.3. The van der Waals surface area contributed by atoms with Crippen molar-refractivity contribution >= 4 is 24.8 Å². The lowest BCUT2D eigenvalue weighted by Crippen LogP contribution is -2.39. The van der Waals surface area contributed by atoms with E-state index in [4.69, 9.17) is 0 Å². The van der Waals surface area contributed by atoms with Crippen LogP contribution in [-0.4, -0.2) is 25.2 Å². The molecule has 1 unspecified atom stereocenters. The second-order valence-corrected chi connectivity index (χ2v) is 2.45. The van der Waals surface area contributed by atoms with Crippen molar-refractivity contribution in [3.8, 4) is 0 Å². The summed E-state index contributed by atoms with van der Waals surface area (Å²) in [5.41, 5.74) is 0. The molecule has 2 fully saturated rings. The average molecular weight is 171 g/mol. The van der Waals surface area contributed by atoms with Crippen molar-refractivity contribution in [1.29, 1.82) is 0 Å². The van der Waals surface area contributed by atoms with Gasteiger partial charge in [0.25, 0.3) is 0 Å². The van der Waals surface area contributed by atoms with Crippen LogP contribution in [-0.2, 0) is 0 Å². The summed E-state index contributed by atoms with van der Waals surface area (Å²) >= 11 is 0. The van der Waals surface area contributed by atoms with Crippen LogP contribution in [0.1, 0.15) is 6.42 Å². The summed E-state index contributed by atoms with van der Waals surface area (Å²) in [6.07, 6.45) is 1.36. The van der Waals surface area contributed by atoms with Gasteiger partial charge in [0.1, 0.15) is 0 Å². The van der Waals surface area contributed by atoms with Crippen LogP contribution in [0.2, 0.25) is 0 Å². The fraction of sp³-hybridized carbons (Fsp3) is 1.00. The van der Waals surface area contributed by atoms with Gasteiger partial charge in [-0.05, 0) is 6.42 Å². The van der Waals surface area contributed by atoms with Crippen LogP contribution in [0.4, 0.5) is 0 Å². The molecule has 2 saturated heterocycles. The fourth-order valence-corrected chi connectivity index (χ4v) is 1.44. The zero-order chi connectivity index (χ0) is 4.69. The number of fused-ring (bicyclic) bond motifs is 2. The summed E-state index contributed by atoms with van der Waals surface area (Å²) in [7, 11) is 0. The van der Waals surface area contributed by atoms with Crippen LogP contribution in [0, 0.1) is 0 Å². The van der Waals surface area contributed by atoms with Gasteiger partial charge in [0.2, 0.25) is 0 Å². The molecule has 2 rings (SSSR count). The standard InChI is InChI=1S/C5H10N2.2ClH/c1-4-2-6-5(1)3-7-4;;/h4-7H,1-3H2;2*1H/t4-,5?;;/m0../s1. The van der Waals surface area contributed by atoms with E-state index in [2.05, 4.69) is 10.6 Å². The van der Waals surface area contributed by atoms with Gasteiger partial charge in [0.15, 0.2) is 0 Å². The van der Waals surface area contributed by atoms with E-state index in [1.807, 2.05) is 0 Å². The summed E-state index contributed by atoms with van der Waals surface area (Å²) in [6.45, 7) is 2.40. The molecule has 2 nitrogen and oxygen atoms in total. The predicted molar refractivity (Wildman–Crippen MR) is 42.7 cm³/mol. The smallest absolute Gasteiger partial charge is 0.0208 e. The van der Waals surface area contributed by atoms with Crippen molar-refractivity contribution in [3.05, 3.63) is 0 Å². The van der Waals surface area contributed by atoms with Crippen molar-refractivity contribution < 1.29 is 0 Å². The number of rotatable bonds is 0. The van der Waals surface area contributed by atoms with E-state index in [9.17, 15) is 0 Å². The van der Waals surface area contributed by atoms with Crippen LogP contribution < -0.4 is 10.6 Å². The lowest BCUT2D eigenvalue weighted by molar-refractivity contribution is 0.528.